The molecule has 6 nitrogen and oxygen atoms in total. The van der Waals surface area contributed by atoms with Crippen LogP contribution in [0, 0.1) is 0 Å². The van der Waals surface area contributed by atoms with Crippen LogP contribution in [0.3, 0.4) is 0 Å². The molecule has 2 amide bonds. The summed E-state index contributed by atoms with van der Waals surface area (Å²) in [5.74, 6) is 1.16. The van der Waals surface area contributed by atoms with Crippen LogP contribution in [0.5, 0.6) is 11.5 Å². The predicted molar refractivity (Wildman–Crippen MR) is 121 cm³/mol. The van der Waals surface area contributed by atoms with Gasteiger partial charge in [0.15, 0.2) is 16.6 Å². The number of amides is 2. The average molecular weight is 476 g/mol. The molecule has 8 heteroatoms. The van der Waals surface area contributed by atoms with Crippen LogP contribution in [0.25, 0.3) is 11.3 Å². The van der Waals surface area contributed by atoms with E-state index < -0.39 is 0 Å². The lowest BCUT2D eigenvalue weighted by atomic mass is 10.2. The Morgan fingerprint density at radius 1 is 1.17 bits per heavy atom. The van der Waals surface area contributed by atoms with E-state index in [9.17, 15) is 4.79 Å². The van der Waals surface area contributed by atoms with Crippen LogP contribution in [-0.4, -0.2) is 31.8 Å². The van der Waals surface area contributed by atoms with Crippen LogP contribution >= 0.6 is 27.3 Å². The largest absolute Gasteiger partial charge is 0.493 e. The van der Waals surface area contributed by atoms with E-state index in [0.717, 1.165) is 22.2 Å². The molecule has 0 bridgehead atoms. The molecule has 0 saturated heterocycles. The fourth-order valence-corrected chi connectivity index (χ4v) is 4.04. The molecule has 0 aliphatic heterocycles. The van der Waals surface area contributed by atoms with Crippen molar-refractivity contribution in [2.24, 2.45) is 0 Å². The first-order valence-electron chi connectivity index (χ1n) is 9.07. The van der Waals surface area contributed by atoms with Gasteiger partial charge in [-0.15, -0.1) is 11.3 Å². The Balaban J connectivity index is 1.82. The van der Waals surface area contributed by atoms with E-state index in [2.05, 4.69) is 26.2 Å². The summed E-state index contributed by atoms with van der Waals surface area (Å²) in [6, 6.07) is 13.0. The monoisotopic (exact) mass is 475 g/mol. The Bertz CT molecular complexity index is 993. The molecule has 152 valence electrons. The normalized spacial score (nSPS) is 10.5. The summed E-state index contributed by atoms with van der Waals surface area (Å²) in [7, 11) is 3.14. The summed E-state index contributed by atoms with van der Waals surface area (Å²) in [6.07, 6.45) is 0.811. The number of benzene rings is 2. The second-order valence-corrected chi connectivity index (χ2v) is 7.93. The number of carbonyl (C=O) groups is 1. The van der Waals surface area contributed by atoms with Crippen molar-refractivity contribution in [3.63, 3.8) is 0 Å². The molecule has 0 aliphatic rings. The minimum Gasteiger partial charge on any atom is -0.493 e. The molecule has 1 heterocycles. The molecular formula is C21H22BrN3O3S. The summed E-state index contributed by atoms with van der Waals surface area (Å²) < 4.78 is 11.5. The lowest BCUT2D eigenvalue weighted by Crippen LogP contribution is -2.35. The van der Waals surface area contributed by atoms with Gasteiger partial charge in [-0.25, -0.2) is 9.78 Å². The number of aromatic nitrogens is 1. The fourth-order valence-electron chi connectivity index (χ4n) is 2.78. The van der Waals surface area contributed by atoms with Gasteiger partial charge in [-0.05, 0) is 30.7 Å². The highest BCUT2D eigenvalue weighted by Crippen LogP contribution is 2.31. The van der Waals surface area contributed by atoms with Gasteiger partial charge >= 0.3 is 6.03 Å². The number of anilines is 2. The number of hydrogen-bond acceptors (Lipinski definition) is 5. The van der Waals surface area contributed by atoms with Crippen molar-refractivity contribution < 1.29 is 14.3 Å². The van der Waals surface area contributed by atoms with Gasteiger partial charge in [0.1, 0.15) is 0 Å². The van der Waals surface area contributed by atoms with Crippen LogP contribution in [0.4, 0.5) is 15.6 Å². The summed E-state index contributed by atoms with van der Waals surface area (Å²) in [6.45, 7) is 2.59. The Morgan fingerprint density at radius 3 is 2.66 bits per heavy atom. The molecule has 0 saturated carbocycles. The number of nitrogens with one attached hydrogen (secondary N) is 1. The number of urea groups is 1. The second-order valence-electron chi connectivity index (χ2n) is 6.18. The molecule has 0 aliphatic carbocycles. The maximum atomic E-state index is 13.0. The van der Waals surface area contributed by atoms with E-state index in [1.807, 2.05) is 36.6 Å². The lowest BCUT2D eigenvalue weighted by Gasteiger charge is -2.20. The molecule has 29 heavy (non-hydrogen) atoms. The van der Waals surface area contributed by atoms with E-state index >= 15 is 0 Å². The zero-order chi connectivity index (χ0) is 20.8. The minimum atomic E-state index is -0.241. The number of carbonyl (C=O) groups excluding carboxylic acids is 1. The lowest BCUT2D eigenvalue weighted by molar-refractivity contribution is 0.257. The third kappa shape index (κ3) is 5.07. The predicted octanol–water partition coefficient (Wildman–Crippen LogP) is 6.04. The molecule has 3 rings (SSSR count). The molecule has 0 fully saturated rings. The Hall–Kier alpha value is -2.58. The van der Waals surface area contributed by atoms with E-state index in [1.54, 1.807) is 37.3 Å². The maximum absolute atomic E-state index is 13.0. The maximum Gasteiger partial charge on any atom is 0.328 e. The highest BCUT2D eigenvalue weighted by atomic mass is 79.9. The van der Waals surface area contributed by atoms with Crippen LogP contribution in [0.15, 0.2) is 52.3 Å². The zero-order valence-corrected chi connectivity index (χ0v) is 18.8. The Kier molecular flexibility index (Phi) is 7.11. The zero-order valence-electron chi connectivity index (χ0n) is 16.4. The summed E-state index contributed by atoms with van der Waals surface area (Å²) in [5.41, 5.74) is 2.46. The first-order valence-corrected chi connectivity index (χ1v) is 10.7. The van der Waals surface area contributed by atoms with E-state index in [0.29, 0.717) is 28.9 Å². The van der Waals surface area contributed by atoms with Crippen molar-refractivity contribution in [3.8, 4) is 22.8 Å². The van der Waals surface area contributed by atoms with Crippen LogP contribution in [-0.2, 0) is 0 Å². The number of methoxy groups -OCH3 is 2. The Labute approximate surface area is 182 Å². The highest BCUT2D eigenvalue weighted by molar-refractivity contribution is 9.10. The summed E-state index contributed by atoms with van der Waals surface area (Å²) in [4.78, 5) is 19.3. The quantitative estimate of drug-likeness (QED) is 0.452. The van der Waals surface area contributed by atoms with Crippen LogP contribution < -0.4 is 19.7 Å². The van der Waals surface area contributed by atoms with Crippen molar-refractivity contribution in [2.75, 3.05) is 31.0 Å². The summed E-state index contributed by atoms with van der Waals surface area (Å²) >= 11 is 4.93. The standard InChI is InChI=1S/C21H22BrN3O3S/c1-4-10-25(20(26)23-16-8-9-18(27-2)19(12-16)28-3)21-24-17(13-29-21)14-6-5-7-15(22)11-14/h5-9,11-13H,4,10H2,1-3H3,(H,23,26). The van der Waals surface area contributed by atoms with Gasteiger partial charge < -0.3 is 14.8 Å². The molecule has 1 aromatic heterocycles. The molecule has 2 aromatic carbocycles. The first-order chi connectivity index (χ1) is 14.0. The molecule has 0 radical (unpaired) electrons. The van der Waals surface area contributed by atoms with Crippen molar-refractivity contribution in [1.29, 1.82) is 0 Å². The van der Waals surface area contributed by atoms with Crippen molar-refractivity contribution in [2.45, 2.75) is 13.3 Å². The minimum absolute atomic E-state index is 0.241. The van der Waals surface area contributed by atoms with Gasteiger partial charge in [-0.1, -0.05) is 35.0 Å². The van der Waals surface area contributed by atoms with Gasteiger partial charge in [-0.2, -0.15) is 0 Å². The molecule has 1 N–H and O–H groups in total. The van der Waals surface area contributed by atoms with E-state index in [-0.39, 0.29) is 6.03 Å². The smallest absolute Gasteiger partial charge is 0.328 e. The summed E-state index contributed by atoms with van der Waals surface area (Å²) in [5, 5.41) is 5.53. The van der Waals surface area contributed by atoms with Gasteiger partial charge in [0.2, 0.25) is 0 Å². The van der Waals surface area contributed by atoms with Gasteiger partial charge in [0.05, 0.1) is 19.9 Å². The molecule has 0 atom stereocenters. The Morgan fingerprint density at radius 2 is 1.97 bits per heavy atom. The number of rotatable bonds is 7. The highest BCUT2D eigenvalue weighted by Gasteiger charge is 2.19. The molecule has 3 aromatic rings. The number of halogens is 1. The third-order valence-electron chi connectivity index (χ3n) is 4.17. The number of hydrogen-bond donors (Lipinski definition) is 1. The fraction of sp³-hybridized carbons (Fsp3) is 0.238. The first kappa shape index (κ1) is 21.1. The molecule has 0 spiro atoms. The van der Waals surface area contributed by atoms with Crippen molar-refractivity contribution in [1.82, 2.24) is 4.98 Å². The average Bonchev–Trinajstić information content (AvgIpc) is 3.21. The van der Waals surface area contributed by atoms with Gasteiger partial charge in [-0.3, -0.25) is 4.90 Å². The van der Waals surface area contributed by atoms with Crippen molar-refractivity contribution >= 4 is 44.1 Å². The third-order valence-corrected chi connectivity index (χ3v) is 5.53. The topological polar surface area (TPSA) is 63.7 Å². The SMILES string of the molecule is CCCN(C(=O)Nc1ccc(OC)c(OC)c1)c1nc(-c2cccc(Br)c2)cs1. The molecule has 0 unspecified atom stereocenters. The van der Waals surface area contributed by atoms with Crippen LogP contribution in [0.2, 0.25) is 0 Å². The number of nitrogens with zero attached hydrogens (tertiary/aromatic N) is 2. The molecular weight excluding hydrogens is 454 g/mol. The number of thiazole rings is 1. The van der Waals surface area contributed by atoms with Gasteiger partial charge in [0, 0.05) is 33.7 Å². The second kappa shape index (κ2) is 9.76. The van der Waals surface area contributed by atoms with E-state index in [4.69, 9.17) is 9.47 Å². The van der Waals surface area contributed by atoms with E-state index in [1.165, 1.54) is 11.3 Å². The van der Waals surface area contributed by atoms with Crippen LogP contribution in [0.1, 0.15) is 13.3 Å². The van der Waals surface area contributed by atoms with Gasteiger partial charge in [0.25, 0.3) is 0 Å². The number of ether oxygens (including phenoxy) is 2. The van der Waals surface area contributed by atoms with Crippen molar-refractivity contribution in [3.05, 3.63) is 52.3 Å².